The number of pyridine rings is 1. The molecule has 2 heterocycles. The number of carbonyl (C=O) groups is 1. The Morgan fingerprint density at radius 2 is 2.23 bits per heavy atom. The Morgan fingerprint density at radius 1 is 1.36 bits per heavy atom. The van der Waals surface area contributed by atoms with Crippen LogP contribution in [0.4, 0.5) is 0 Å². The fourth-order valence-corrected chi connectivity index (χ4v) is 2.39. The molecule has 0 saturated heterocycles. The van der Waals surface area contributed by atoms with E-state index in [0.717, 1.165) is 5.39 Å². The molecule has 0 aliphatic heterocycles. The van der Waals surface area contributed by atoms with Crippen LogP contribution in [-0.4, -0.2) is 22.5 Å². The number of ether oxygens (including phenoxy) is 1. The lowest BCUT2D eigenvalue weighted by molar-refractivity contribution is 0.0529. The molecule has 0 amide bonds. The van der Waals surface area contributed by atoms with Gasteiger partial charge >= 0.3 is 5.97 Å². The highest BCUT2D eigenvalue weighted by Crippen LogP contribution is 2.30. The summed E-state index contributed by atoms with van der Waals surface area (Å²) in [5.74, 6) is -0.404. The van der Waals surface area contributed by atoms with Crippen LogP contribution in [0.3, 0.4) is 0 Å². The highest BCUT2D eigenvalue weighted by Gasteiger charge is 2.21. The standard InChI is InChI=1S/C17H13N3O2/c1-2-22-17(21)15-12-7-6-11(10-18)9-14(12)20-16(15)13-5-3-4-8-19-13/h3-9,20H,2H2,1H3. The first-order valence-electron chi connectivity index (χ1n) is 6.89. The second kappa shape index (κ2) is 5.70. The molecular formula is C17H13N3O2. The van der Waals surface area contributed by atoms with Gasteiger partial charge in [0.05, 0.1) is 35.2 Å². The van der Waals surface area contributed by atoms with Crippen molar-refractivity contribution in [2.75, 3.05) is 6.61 Å². The molecule has 0 bridgehead atoms. The molecule has 2 aromatic heterocycles. The fourth-order valence-electron chi connectivity index (χ4n) is 2.39. The Labute approximate surface area is 127 Å². The van der Waals surface area contributed by atoms with Crippen LogP contribution in [0.5, 0.6) is 0 Å². The minimum absolute atomic E-state index is 0.295. The van der Waals surface area contributed by atoms with Crippen LogP contribution < -0.4 is 0 Å². The van der Waals surface area contributed by atoms with E-state index in [4.69, 9.17) is 10.00 Å². The third kappa shape index (κ3) is 2.31. The molecule has 0 unspecified atom stereocenters. The van der Waals surface area contributed by atoms with Gasteiger partial charge in [-0.3, -0.25) is 4.98 Å². The lowest BCUT2D eigenvalue weighted by Crippen LogP contribution is -2.05. The molecule has 0 saturated carbocycles. The van der Waals surface area contributed by atoms with Crippen LogP contribution >= 0.6 is 0 Å². The quantitative estimate of drug-likeness (QED) is 0.751. The van der Waals surface area contributed by atoms with E-state index < -0.39 is 5.97 Å². The maximum Gasteiger partial charge on any atom is 0.341 e. The normalized spacial score (nSPS) is 10.4. The van der Waals surface area contributed by atoms with Gasteiger partial charge in [0, 0.05) is 17.1 Å². The van der Waals surface area contributed by atoms with Gasteiger partial charge in [-0.15, -0.1) is 0 Å². The van der Waals surface area contributed by atoms with Crippen molar-refractivity contribution in [1.82, 2.24) is 9.97 Å². The monoisotopic (exact) mass is 291 g/mol. The van der Waals surface area contributed by atoms with E-state index in [9.17, 15) is 4.79 Å². The van der Waals surface area contributed by atoms with Gasteiger partial charge in [0.1, 0.15) is 0 Å². The summed E-state index contributed by atoms with van der Waals surface area (Å²) < 4.78 is 5.16. The lowest BCUT2D eigenvalue weighted by atomic mass is 10.1. The zero-order valence-corrected chi connectivity index (χ0v) is 12.0. The molecule has 1 N–H and O–H groups in total. The van der Waals surface area contributed by atoms with Gasteiger partial charge in [0.2, 0.25) is 0 Å². The number of aromatic amines is 1. The number of aromatic nitrogens is 2. The molecule has 5 heteroatoms. The summed E-state index contributed by atoms with van der Waals surface area (Å²) in [5.41, 5.74) is 2.93. The Kier molecular flexibility index (Phi) is 3.58. The number of fused-ring (bicyclic) bond motifs is 1. The number of rotatable bonds is 3. The Balaban J connectivity index is 2.28. The maximum atomic E-state index is 12.3. The van der Waals surface area contributed by atoms with Gasteiger partial charge in [0.25, 0.3) is 0 Å². The Morgan fingerprint density at radius 3 is 2.91 bits per heavy atom. The average Bonchev–Trinajstić information content (AvgIpc) is 2.94. The first-order chi connectivity index (χ1) is 10.7. The summed E-state index contributed by atoms with van der Waals surface area (Å²) in [6.45, 7) is 2.06. The Hall–Kier alpha value is -3.13. The van der Waals surface area contributed by atoms with E-state index in [-0.39, 0.29) is 0 Å². The first kappa shape index (κ1) is 13.8. The molecule has 108 valence electrons. The highest BCUT2D eigenvalue weighted by atomic mass is 16.5. The molecule has 0 fully saturated rings. The summed E-state index contributed by atoms with van der Waals surface area (Å²) >= 11 is 0. The Bertz CT molecular complexity index is 876. The molecule has 0 aliphatic rings. The van der Waals surface area contributed by atoms with E-state index in [1.54, 1.807) is 31.3 Å². The molecule has 5 nitrogen and oxygen atoms in total. The number of H-pyrrole nitrogens is 1. The number of nitrogens with one attached hydrogen (secondary N) is 1. The van der Waals surface area contributed by atoms with E-state index in [1.165, 1.54) is 0 Å². The molecule has 0 atom stereocenters. The molecule has 0 aliphatic carbocycles. The number of nitriles is 1. The number of hydrogen-bond donors (Lipinski definition) is 1. The van der Waals surface area contributed by atoms with Crippen molar-refractivity contribution in [2.45, 2.75) is 6.92 Å². The van der Waals surface area contributed by atoms with Crippen LogP contribution in [0.2, 0.25) is 0 Å². The SMILES string of the molecule is CCOC(=O)c1c(-c2ccccn2)[nH]c2cc(C#N)ccc12. The van der Waals surface area contributed by atoms with E-state index in [2.05, 4.69) is 16.0 Å². The topological polar surface area (TPSA) is 78.8 Å². The predicted octanol–water partition coefficient (Wildman–Crippen LogP) is 3.28. The minimum Gasteiger partial charge on any atom is -0.462 e. The molecule has 3 aromatic rings. The third-order valence-corrected chi connectivity index (χ3v) is 3.33. The van der Waals surface area contributed by atoms with Crippen LogP contribution in [0.1, 0.15) is 22.8 Å². The first-order valence-corrected chi connectivity index (χ1v) is 6.89. The molecule has 1 aromatic carbocycles. The highest BCUT2D eigenvalue weighted by molar-refractivity contribution is 6.10. The van der Waals surface area contributed by atoms with Crippen molar-refractivity contribution in [2.24, 2.45) is 0 Å². The van der Waals surface area contributed by atoms with Gasteiger partial charge in [-0.1, -0.05) is 12.1 Å². The lowest BCUT2D eigenvalue weighted by Gasteiger charge is -2.04. The average molecular weight is 291 g/mol. The van der Waals surface area contributed by atoms with Crippen molar-refractivity contribution >= 4 is 16.9 Å². The van der Waals surface area contributed by atoms with Crippen molar-refractivity contribution in [3.05, 3.63) is 53.7 Å². The smallest absolute Gasteiger partial charge is 0.341 e. The van der Waals surface area contributed by atoms with E-state index >= 15 is 0 Å². The summed E-state index contributed by atoms with van der Waals surface area (Å²) in [6.07, 6.45) is 1.66. The third-order valence-electron chi connectivity index (χ3n) is 3.33. The summed E-state index contributed by atoms with van der Waals surface area (Å²) in [6, 6.07) is 12.7. The zero-order chi connectivity index (χ0) is 15.5. The van der Waals surface area contributed by atoms with Crippen LogP contribution in [0.15, 0.2) is 42.6 Å². The van der Waals surface area contributed by atoms with E-state index in [0.29, 0.717) is 34.6 Å². The number of carbonyl (C=O) groups excluding carboxylic acids is 1. The minimum atomic E-state index is -0.404. The largest absolute Gasteiger partial charge is 0.462 e. The van der Waals surface area contributed by atoms with Crippen LogP contribution in [-0.2, 0) is 4.74 Å². The second-order valence-corrected chi connectivity index (χ2v) is 4.68. The van der Waals surface area contributed by atoms with Crippen LogP contribution in [0.25, 0.3) is 22.3 Å². The zero-order valence-electron chi connectivity index (χ0n) is 12.0. The molecule has 3 rings (SSSR count). The van der Waals surface area contributed by atoms with Crippen molar-refractivity contribution in [1.29, 1.82) is 5.26 Å². The second-order valence-electron chi connectivity index (χ2n) is 4.68. The van der Waals surface area contributed by atoms with Crippen molar-refractivity contribution in [3.8, 4) is 17.5 Å². The molecule has 22 heavy (non-hydrogen) atoms. The number of hydrogen-bond acceptors (Lipinski definition) is 4. The van der Waals surface area contributed by atoms with Gasteiger partial charge in [0.15, 0.2) is 0 Å². The summed E-state index contributed by atoms with van der Waals surface area (Å²) in [5, 5.41) is 9.74. The molecule has 0 radical (unpaired) electrons. The number of nitrogens with zero attached hydrogens (tertiary/aromatic N) is 2. The maximum absolute atomic E-state index is 12.3. The predicted molar refractivity (Wildman–Crippen MR) is 82.2 cm³/mol. The van der Waals surface area contributed by atoms with Gasteiger partial charge < -0.3 is 9.72 Å². The van der Waals surface area contributed by atoms with Gasteiger partial charge in [-0.05, 0) is 31.2 Å². The van der Waals surface area contributed by atoms with Gasteiger partial charge in [-0.2, -0.15) is 5.26 Å². The van der Waals surface area contributed by atoms with Crippen LogP contribution in [0, 0.1) is 11.3 Å². The van der Waals surface area contributed by atoms with Crippen molar-refractivity contribution < 1.29 is 9.53 Å². The fraction of sp³-hybridized carbons (Fsp3) is 0.118. The number of benzene rings is 1. The molecule has 0 spiro atoms. The van der Waals surface area contributed by atoms with Gasteiger partial charge in [-0.25, -0.2) is 4.79 Å². The molecular weight excluding hydrogens is 278 g/mol. The summed E-state index contributed by atoms with van der Waals surface area (Å²) in [7, 11) is 0. The van der Waals surface area contributed by atoms with E-state index in [1.807, 2.05) is 18.2 Å². The van der Waals surface area contributed by atoms with Crippen molar-refractivity contribution in [3.63, 3.8) is 0 Å². The summed E-state index contributed by atoms with van der Waals surface area (Å²) in [4.78, 5) is 19.8. The number of esters is 1.